The van der Waals surface area contributed by atoms with Gasteiger partial charge in [0, 0.05) is 30.8 Å². The second kappa shape index (κ2) is 9.29. The van der Waals surface area contributed by atoms with Crippen LogP contribution in [0.1, 0.15) is 6.42 Å². The molecule has 0 aliphatic carbocycles. The van der Waals surface area contributed by atoms with E-state index in [1.807, 2.05) is 0 Å². The fraction of sp³-hybridized carbons (Fsp3) is 0.333. The number of halogens is 5. The third-order valence-corrected chi connectivity index (χ3v) is 6.40. The van der Waals surface area contributed by atoms with Crippen molar-refractivity contribution in [2.24, 2.45) is 0 Å². The van der Waals surface area contributed by atoms with Gasteiger partial charge in [-0.15, -0.1) is 0 Å². The van der Waals surface area contributed by atoms with Crippen molar-refractivity contribution in [3.63, 3.8) is 0 Å². The van der Waals surface area contributed by atoms with Crippen LogP contribution in [-0.4, -0.2) is 67.0 Å². The lowest BCUT2D eigenvalue weighted by Gasteiger charge is -2.27. The van der Waals surface area contributed by atoms with Crippen molar-refractivity contribution in [3.05, 3.63) is 47.8 Å². The van der Waals surface area contributed by atoms with Gasteiger partial charge in [-0.1, -0.05) is 17.3 Å². The van der Waals surface area contributed by atoms with E-state index in [1.54, 1.807) is 4.72 Å². The number of nitrogens with one attached hydrogen (secondary N) is 2. The summed E-state index contributed by atoms with van der Waals surface area (Å²) < 4.78 is 102. The summed E-state index contributed by atoms with van der Waals surface area (Å²) in [5.74, 6) is -7.74. The SMILES string of the molecule is CS(=O)(=O)N[C@@H]1CN(C(=O)Nc2noc3cccc(-c4c(F)cc(F)cc4F)c23)[C@H](CCO)C1(F)F. The molecule has 2 atom stereocenters. The molecule has 0 bridgehead atoms. The number of benzene rings is 2. The molecule has 2 aromatic carbocycles. The van der Waals surface area contributed by atoms with Crippen LogP contribution in [0.5, 0.6) is 0 Å². The number of rotatable bonds is 6. The molecule has 0 spiro atoms. The van der Waals surface area contributed by atoms with Gasteiger partial charge in [-0.3, -0.25) is 5.32 Å². The number of likely N-dealkylation sites (tertiary alicyclic amines) is 1. The van der Waals surface area contributed by atoms with Gasteiger partial charge in [-0.05, 0) is 12.5 Å². The molecule has 0 saturated carbocycles. The fourth-order valence-corrected chi connectivity index (χ4v) is 4.96. The van der Waals surface area contributed by atoms with Crippen LogP contribution in [-0.2, 0) is 10.0 Å². The number of carbonyl (C=O) groups excluding carboxylic acids is 1. The van der Waals surface area contributed by atoms with Crippen molar-refractivity contribution in [2.45, 2.75) is 24.4 Å². The summed E-state index contributed by atoms with van der Waals surface area (Å²) in [6.45, 7) is -1.48. The Kier molecular flexibility index (Phi) is 6.66. The van der Waals surface area contributed by atoms with E-state index in [2.05, 4.69) is 10.5 Å². The summed E-state index contributed by atoms with van der Waals surface area (Å²) >= 11 is 0. The number of hydrogen-bond donors (Lipinski definition) is 3. The maximum absolute atomic E-state index is 14.9. The number of alkyl halides is 2. The number of aliphatic hydroxyl groups is 1. The Morgan fingerprint density at radius 1 is 1.25 bits per heavy atom. The number of nitrogens with zero attached hydrogens (tertiary/aromatic N) is 2. The maximum Gasteiger partial charge on any atom is 0.323 e. The highest BCUT2D eigenvalue weighted by atomic mass is 32.2. The van der Waals surface area contributed by atoms with E-state index < -0.39 is 76.6 Å². The Hall–Kier alpha value is -3.30. The van der Waals surface area contributed by atoms with Crippen LogP contribution in [0.4, 0.5) is 32.6 Å². The molecule has 2 heterocycles. The molecule has 0 unspecified atom stereocenters. The quantitative estimate of drug-likeness (QED) is 0.418. The molecule has 1 fully saturated rings. The average molecular weight is 534 g/mol. The predicted molar refractivity (Wildman–Crippen MR) is 117 cm³/mol. The molecule has 0 radical (unpaired) electrons. The molecular weight excluding hydrogens is 515 g/mol. The average Bonchev–Trinajstić information content (AvgIpc) is 3.26. The third kappa shape index (κ3) is 4.73. The topological polar surface area (TPSA) is 125 Å². The number of fused-ring (bicyclic) bond motifs is 1. The normalized spacial score (nSPS) is 19.7. The molecule has 3 N–H and O–H groups in total. The first kappa shape index (κ1) is 25.8. The van der Waals surface area contributed by atoms with Gasteiger partial charge in [-0.2, -0.15) is 0 Å². The number of aliphatic hydroxyl groups excluding tert-OH is 1. The molecule has 36 heavy (non-hydrogen) atoms. The van der Waals surface area contributed by atoms with Crippen molar-refractivity contribution in [1.82, 2.24) is 14.8 Å². The zero-order chi connectivity index (χ0) is 26.4. The summed E-state index contributed by atoms with van der Waals surface area (Å²) in [6, 6.07) is -0.0848. The van der Waals surface area contributed by atoms with Crippen molar-refractivity contribution in [3.8, 4) is 11.1 Å². The second-order valence-electron chi connectivity index (χ2n) is 8.18. The van der Waals surface area contributed by atoms with Gasteiger partial charge in [0.2, 0.25) is 10.0 Å². The molecule has 15 heteroatoms. The van der Waals surface area contributed by atoms with E-state index >= 15 is 0 Å². The molecule has 9 nitrogen and oxygen atoms in total. The van der Waals surface area contributed by atoms with Crippen LogP contribution in [0.2, 0.25) is 0 Å². The molecule has 1 aliphatic heterocycles. The van der Waals surface area contributed by atoms with Crippen LogP contribution < -0.4 is 10.0 Å². The highest BCUT2D eigenvalue weighted by Crippen LogP contribution is 2.39. The second-order valence-corrected chi connectivity index (χ2v) is 9.96. The number of aromatic nitrogens is 1. The lowest BCUT2D eigenvalue weighted by Crippen LogP contribution is -2.49. The fourth-order valence-electron chi connectivity index (χ4n) is 4.21. The largest absolute Gasteiger partial charge is 0.396 e. The molecule has 1 aromatic heterocycles. The van der Waals surface area contributed by atoms with Gasteiger partial charge in [0.1, 0.15) is 29.5 Å². The van der Waals surface area contributed by atoms with Gasteiger partial charge in [0.05, 0.1) is 17.2 Å². The zero-order valence-corrected chi connectivity index (χ0v) is 19.3. The van der Waals surface area contributed by atoms with Crippen molar-refractivity contribution < 1.29 is 44.8 Å². The zero-order valence-electron chi connectivity index (χ0n) is 18.4. The molecule has 3 aromatic rings. The van der Waals surface area contributed by atoms with Crippen LogP contribution in [0.15, 0.2) is 34.9 Å². The van der Waals surface area contributed by atoms with Crippen LogP contribution in [0.25, 0.3) is 22.1 Å². The van der Waals surface area contributed by atoms with E-state index in [9.17, 15) is 40.3 Å². The van der Waals surface area contributed by atoms with Crippen molar-refractivity contribution in [1.29, 1.82) is 0 Å². The Labute approximate surface area is 200 Å². The van der Waals surface area contributed by atoms with Gasteiger partial charge >= 0.3 is 6.03 Å². The van der Waals surface area contributed by atoms with E-state index in [4.69, 9.17) is 4.52 Å². The van der Waals surface area contributed by atoms with Crippen LogP contribution >= 0.6 is 0 Å². The van der Waals surface area contributed by atoms with Gasteiger partial charge in [0.25, 0.3) is 5.92 Å². The van der Waals surface area contributed by atoms with E-state index in [1.165, 1.54) is 18.2 Å². The lowest BCUT2D eigenvalue weighted by molar-refractivity contribution is -0.0465. The van der Waals surface area contributed by atoms with Gasteiger partial charge in [0.15, 0.2) is 11.4 Å². The minimum absolute atomic E-state index is 0.0267. The van der Waals surface area contributed by atoms with E-state index in [-0.39, 0.29) is 22.4 Å². The molecular formula is C21H19F5N4O5S. The van der Waals surface area contributed by atoms with Gasteiger partial charge < -0.3 is 14.5 Å². The summed E-state index contributed by atoms with van der Waals surface area (Å²) in [6.07, 6.45) is 0.114. The first-order chi connectivity index (χ1) is 16.8. The van der Waals surface area contributed by atoms with Crippen molar-refractivity contribution >= 4 is 32.8 Å². The molecule has 1 aliphatic rings. The molecule has 4 rings (SSSR count). The lowest BCUT2D eigenvalue weighted by atomic mass is 10.0. The molecule has 2 amide bonds. The monoisotopic (exact) mass is 534 g/mol. The summed E-state index contributed by atoms with van der Waals surface area (Å²) in [5.41, 5.74) is -0.820. The Morgan fingerprint density at radius 3 is 2.53 bits per heavy atom. The number of amides is 2. The van der Waals surface area contributed by atoms with Crippen LogP contribution in [0, 0.1) is 17.5 Å². The third-order valence-electron chi connectivity index (χ3n) is 5.68. The number of anilines is 1. The molecule has 1 saturated heterocycles. The predicted octanol–water partition coefficient (Wildman–Crippen LogP) is 3.06. The number of hydrogen-bond acceptors (Lipinski definition) is 6. The van der Waals surface area contributed by atoms with Crippen LogP contribution in [0.3, 0.4) is 0 Å². The molecule has 194 valence electrons. The maximum atomic E-state index is 14.9. The number of carbonyl (C=O) groups is 1. The Balaban J connectivity index is 1.72. The van der Waals surface area contributed by atoms with Crippen molar-refractivity contribution in [2.75, 3.05) is 24.7 Å². The number of sulfonamides is 1. The standard InChI is InChI=1S/C21H19F5N4O5S/c1-36(33,34)29-15-9-30(16(5-6-31)21(15,25)26)20(32)27-19-18-11(3-2-4-14(18)35-28-19)17-12(23)7-10(22)8-13(17)24/h2-4,7-8,15-16,29,31H,5-6,9H2,1H3,(H,27,28,32)/t15-,16-/m1/s1. The Morgan fingerprint density at radius 2 is 1.92 bits per heavy atom. The minimum Gasteiger partial charge on any atom is -0.396 e. The summed E-state index contributed by atoms with van der Waals surface area (Å²) in [7, 11) is -4.07. The highest BCUT2D eigenvalue weighted by Gasteiger charge is 2.58. The van der Waals surface area contributed by atoms with Gasteiger partial charge in [-0.25, -0.2) is 39.9 Å². The minimum atomic E-state index is -4.07. The van der Waals surface area contributed by atoms with E-state index in [0.29, 0.717) is 23.3 Å². The smallest absolute Gasteiger partial charge is 0.323 e. The summed E-state index contributed by atoms with van der Waals surface area (Å²) in [5, 5.41) is 15.1. The first-order valence-electron chi connectivity index (χ1n) is 10.4. The Bertz CT molecular complexity index is 1410. The first-order valence-corrected chi connectivity index (χ1v) is 12.3. The number of urea groups is 1. The summed E-state index contributed by atoms with van der Waals surface area (Å²) in [4.78, 5) is 13.6. The highest BCUT2D eigenvalue weighted by molar-refractivity contribution is 7.88. The van der Waals surface area contributed by atoms with E-state index in [0.717, 1.165) is 0 Å².